The number of esters is 1. The van der Waals surface area contributed by atoms with Crippen molar-refractivity contribution in [2.45, 2.75) is 64.8 Å². The van der Waals surface area contributed by atoms with E-state index >= 15 is 0 Å². The van der Waals surface area contributed by atoms with Crippen LogP contribution >= 0.6 is 0 Å². The number of benzene rings is 2. The minimum Gasteiger partial charge on any atom is -0.507 e. The molecular formula is C30H30O9. The maximum atomic E-state index is 14.4. The molecule has 2 fully saturated rings. The molecule has 2 aromatic rings. The number of aliphatic hydroxyl groups excluding tert-OH is 2. The average molecular weight is 535 g/mol. The third kappa shape index (κ3) is 3.75. The van der Waals surface area contributed by atoms with E-state index in [4.69, 9.17) is 14.2 Å². The van der Waals surface area contributed by atoms with Crippen molar-refractivity contribution in [2.24, 2.45) is 17.8 Å². The number of allylic oxidation sites excluding steroid dienone is 1. The standard InChI is InChI=1S/C30H30O9/c1-11(2)20-25-24-23(21-15(29(25)39-30(20)36)8-12(3)9-16(21)31)27(34)14-6-5-7-18(22(14)28(24)35)38-19-10-17(32)26(33)13(4)37-19/h5-9,11,13,17,19-20,25-26,29,31-33H,10H2,1-4H3/t13-,17+,19?,20-,25?,26-,29+/m0/s1. The molecule has 2 aliphatic heterocycles. The first kappa shape index (κ1) is 25.7. The molecule has 6 rings (SSSR count). The average Bonchev–Trinajstić information content (AvgIpc) is 3.22. The number of carbonyl (C=O) groups is 3. The summed E-state index contributed by atoms with van der Waals surface area (Å²) in [6.07, 6.45) is -4.69. The normalized spacial score (nSPS) is 31.5. The number of phenolic OH excluding ortho intramolecular Hbond substituents is 1. The SMILES string of the molecule is Cc1cc(O)c2c(c1)[C@H]1OC(=O)[C@@H](C(C)C)C1C1=C2C(=O)c2cccc(OC3C[C@@H](O)[C@@H](O)[C@H](C)O3)c2C1=O. The molecular weight excluding hydrogens is 504 g/mol. The number of rotatable bonds is 3. The maximum absolute atomic E-state index is 14.4. The number of aryl methyl sites for hydroxylation is 1. The summed E-state index contributed by atoms with van der Waals surface area (Å²) in [4.78, 5) is 41.6. The minimum atomic E-state index is -1.08. The molecule has 2 unspecified atom stereocenters. The second-order valence-corrected chi connectivity index (χ2v) is 11.2. The third-order valence-corrected chi connectivity index (χ3v) is 8.30. The van der Waals surface area contributed by atoms with Gasteiger partial charge in [0.05, 0.1) is 23.7 Å². The molecule has 0 aromatic heterocycles. The number of hydrogen-bond acceptors (Lipinski definition) is 9. The summed E-state index contributed by atoms with van der Waals surface area (Å²) in [5, 5.41) is 31.3. The molecule has 0 bridgehead atoms. The van der Waals surface area contributed by atoms with Gasteiger partial charge in [0.2, 0.25) is 6.29 Å². The highest BCUT2D eigenvalue weighted by atomic mass is 16.7. The number of ketones is 2. The van der Waals surface area contributed by atoms with Gasteiger partial charge in [-0.3, -0.25) is 14.4 Å². The van der Waals surface area contributed by atoms with Gasteiger partial charge in [-0.05, 0) is 37.5 Å². The van der Waals surface area contributed by atoms with Crippen molar-refractivity contribution in [1.82, 2.24) is 0 Å². The Kier molecular flexibility index (Phi) is 5.94. The molecule has 2 saturated heterocycles. The van der Waals surface area contributed by atoms with Crippen molar-refractivity contribution >= 4 is 23.1 Å². The van der Waals surface area contributed by atoms with E-state index in [-0.39, 0.29) is 51.7 Å². The second kappa shape index (κ2) is 9.01. The van der Waals surface area contributed by atoms with Crippen molar-refractivity contribution < 1.29 is 43.9 Å². The molecule has 0 amide bonds. The van der Waals surface area contributed by atoms with E-state index in [0.717, 1.165) is 5.56 Å². The van der Waals surface area contributed by atoms with Crippen LogP contribution < -0.4 is 4.74 Å². The fourth-order valence-corrected chi connectivity index (χ4v) is 6.54. The predicted octanol–water partition coefficient (Wildman–Crippen LogP) is 3.27. The molecule has 4 aliphatic rings. The second-order valence-electron chi connectivity index (χ2n) is 11.2. The Balaban J connectivity index is 1.52. The maximum Gasteiger partial charge on any atom is 0.310 e. The van der Waals surface area contributed by atoms with Gasteiger partial charge in [-0.25, -0.2) is 0 Å². The van der Waals surface area contributed by atoms with E-state index in [1.54, 1.807) is 32.0 Å². The van der Waals surface area contributed by atoms with E-state index in [0.29, 0.717) is 5.56 Å². The largest absolute Gasteiger partial charge is 0.507 e. The van der Waals surface area contributed by atoms with E-state index in [2.05, 4.69) is 0 Å². The summed E-state index contributed by atoms with van der Waals surface area (Å²) in [6.45, 7) is 7.15. The molecule has 9 nitrogen and oxygen atoms in total. The van der Waals surface area contributed by atoms with Crippen molar-refractivity contribution in [2.75, 3.05) is 0 Å². The zero-order valence-corrected chi connectivity index (χ0v) is 22.0. The quantitative estimate of drug-likeness (QED) is 0.506. The molecule has 7 atom stereocenters. The van der Waals surface area contributed by atoms with E-state index in [1.807, 2.05) is 13.8 Å². The monoisotopic (exact) mass is 534 g/mol. The van der Waals surface area contributed by atoms with Gasteiger partial charge in [0.15, 0.2) is 11.6 Å². The molecule has 39 heavy (non-hydrogen) atoms. The number of phenols is 1. The van der Waals surface area contributed by atoms with E-state index in [1.165, 1.54) is 12.1 Å². The summed E-state index contributed by atoms with van der Waals surface area (Å²) in [7, 11) is 0. The fourth-order valence-electron chi connectivity index (χ4n) is 6.54. The van der Waals surface area contributed by atoms with Gasteiger partial charge >= 0.3 is 5.97 Å². The van der Waals surface area contributed by atoms with Crippen molar-refractivity contribution in [3.05, 3.63) is 63.7 Å². The van der Waals surface area contributed by atoms with Crippen LogP contribution in [0.15, 0.2) is 35.9 Å². The van der Waals surface area contributed by atoms with Gasteiger partial charge < -0.3 is 29.5 Å². The van der Waals surface area contributed by atoms with Crippen LogP contribution in [-0.2, 0) is 14.3 Å². The zero-order valence-electron chi connectivity index (χ0n) is 22.0. The topological polar surface area (TPSA) is 140 Å². The highest BCUT2D eigenvalue weighted by molar-refractivity contribution is 6.42. The van der Waals surface area contributed by atoms with Gasteiger partial charge in [0.25, 0.3) is 0 Å². The van der Waals surface area contributed by atoms with Gasteiger partial charge in [0.1, 0.15) is 23.7 Å². The Morgan fingerprint density at radius 2 is 1.79 bits per heavy atom. The van der Waals surface area contributed by atoms with Gasteiger partial charge in [-0.2, -0.15) is 0 Å². The van der Waals surface area contributed by atoms with Crippen molar-refractivity contribution in [3.8, 4) is 11.5 Å². The first-order valence-electron chi connectivity index (χ1n) is 13.2. The van der Waals surface area contributed by atoms with Gasteiger partial charge in [-0.1, -0.05) is 32.0 Å². The number of Topliss-reactive ketones (excluding diaryl/α,β-unsaturated/α-hetero) is 2. The number of aromatic hydroxyl groups is 1. The first-order valence-corrected chi connectivity index (χ1v) is 13.2. The molecule has 0 spiro atoms. The highest BCUT2D eigenvalue weighted by Crippen LogP contribution is 2.57. The van der Waals surface area contributed by atoms with Crippen LogP contribution in [0.4, 0.5) is 0 Å². The summed E-state index contributed by atoms with van der Waals surface area (Å²) < 4.78 is 17.6. The minimum absolute atomic E-state index is 0.0334. The van der Waals surface area contributed by atoms with Gasteiger partial charge in [0, 0.05) is 40.2 Å². The first-order chi connectivity index (χ1) is 18.5. The molecule has 0 radical (unpaired) electrons. The van der Waals surface area contributed by atoms with Crippen molar-refractivity contribution in [1.29, 1.82) is 0 Å². The number of fused-ring (bicyclic) bond motifs is 6. The highest BCUT2D eigenvalue weighted by Gasteiger charge is 2.56. The predicted molar refractivity (Wildman–Crippen MR) is 137 cm³/mol. The molecule has 2 aromatic carbocycles. The van der Waals surface area contributed by atoms with Crippen LogP contribution in [0, 0.1) is 24.7 Å². The summed E-state index contributed by atoms with van der Waals surface area (Å²) >= 11 is 0. The van der Waals surface area contributed by atoms with Gasteiger partial charge in [-0.15, -0.1) is 0 Å². The van der Waals surface area contributed by atoms with Crippen LogP contribution in [0.5, 0.6) is 11.5 Å². The molecule has 3 N–H and O–H groups in total. The van der Waals surface area contributed by atoms with Crippen LogP contribution in [0.2, 0.25) is 0 Å². The lowest BCUT2D eigenvalue weighted by atomic mass is 9.64. The Morgan fingerprint density at radius 3 is 2.49 bits per heavy atom. The number of carbonyl (C=O) groups excluding carboxylic acids is 3. The lowest BCUT2D eigenvalue weighted by Crippen LogP contribution is -2.48. The number of ether oxygens (including phenoxy) is 3. The summed E-state index contributed by atoms with van der Waals surface area (Å²) in [5.74, 6) is -3.02. The Morgan fingerprint density at radius 1 is 1.05 bits per heavy atom. The van der Waals surface area contributed by atoms with Crippen molar-refractivity contribution in [3.63, 3.8) is 0 Å². The smallest absolute Gasteiger partial charge is 0.310 e. The fraction of sp³-hybridized carbons (Fsp3) is 0.433. The van der Waals surface area contributed by atoms with Crippen LogP contribution in [0.3, 0.4) is 0 Å². The number of aliphatic hydroxyl groups is 2. The molecule has 9 heteroatoms. The molecule has 2 aliphatic carbocycles. The van der Waals surface area contributed by atoms with Crippen LogP contribution in [0.1, 0.15) is 70.7 Å². The lowest BCUT2D eigenvalue weighted by molar-refractivity contribution is -0.216. The Hall–Kier alpha value is -3.53. The molecule has 2 heterocycles. The Labute approximate surface area is 225 Å². The lowest BCUT2D eigenvalue weighted by Gasteiger charge is -2.37. The third-order valence-electron chi connectivity index (χ3n) is 8.30. The molecule has 204 valence electrons. The molecule has 0 saturated carbocycles. The van der Waals surface area contributed by atoms with E-state index in [9.17, 15) is 29.7 Å². The van der Waals surface area contributed by atoms with Crippen LogP contribution in [0.25, 0.3) is 5.57 Å². The summed E-state index contributed by atoms with van der Waals surface area (Å²) in [5.41, 5.74) is 1.83. The zero-order chi connectivity index (χ0) is 27.9. The number of hydrogen-bond donors (Lipinski definition) is 3. The summed E-state index contributed by atoms with van der Waals surface area (Å²) in [6, 6.07) is 7.98. The van der Waals surface area contributed by atoms with E-state index < -0.39 is 60.1 Å². The van der Waals surface area contributed by atoms with Crippen LogP contribution in [-0.4, -0.2) is 57.5 Å². The Bertz CT molecular complexity index is 1440.